The molecule has 188 valence electrons. The first-order chi connectivity index (χ1) is 16.3. The van der Waals surface area contributed by atoms with Crippen molar-refractivity contribution in [1.29, 1.82) is 0 Å². The van der Waals surface area contributed by atoms with E-state index in [1.165, 1.54) is 22.8 Å². The van der Waals surface area contributed by atoms with Crippen LogP contribution in [0.15, 0.2) is 35.1 Å². The standard InChI is InChI=1S/C25H29ClF2N4O3/c1-7-9-14(2)35-20-13-19(32-24(34)31(6)23(30-32)25(3,4)5)18(28)12-15(20)22(33)29-21-16(26)10-8-11-17(21)27/h8,10-14H,7,9H2,1-6H3,(H,29,33)/t14-/m0/s1. The number of amides is 1. The molecule has 10 heteroatoms. The number of aromatic nitrogens is 3. The van der Waals surface area contributed by atoms with Crippen molar-refractivity contribution >= 4 is 23.2 Å². The maximum absolute atomic E-state index is 15.3. The normalized spacial score (nSPS) is 12.5. The molecule has 2 aromatic carbocycles. The van der Waals surface area contributed by atoms with Gasteiger partial charge in [-0.3, -0.25) is 9.36 Å². The number of hydrogen-bond acceptors (Lipinski definition) is 4. The average Bonchev–Trinajstić information content (AvgIpc) is 3.06. The monoisotopic (exact) mass is 506 g/mol. The third-order valence-corrected chi connectivity index (χ3v) is 5.71. The van der Waals surface area contributed by atoms with Gasteiger partial charge in [0.05, 0.1) is 22.4 Å². The molecule has 0 saturated heterocycles. The van der Waals surface area contributed by atoms with Gasteiger partial charge in [0.1, 0.15) is 28.9 Å². The maximum Gasteiger partial charge on any atom is 0.350 e. The van der Waals surface area contributed by atoms with Crippen LogP contribution in [0, 0.1) is 11.6 Å². The fourth-order valence-electron chi connectivity index (χ4n) is 3.71. The predicted octanol–water partition coefficient (Wildman–Crippen LogP) is 5.62. The first-order valence-electron chi connectivity index (χ1n) is 11.3. The fourth-order valence-corrected chi connectivity index (χ4v) is 3.92. The smallest absolute Gasteiger partial charge is 0.350 e. The summed E-state index contributed by atoms with van der Waals surface area (Å²) < 4.78 is 37.8. The summed E-state index contributed by atoms with van der Waals surface area (Å²) in [4.78, 5) is 25.9. The summed E-state index contributed by atoms with van der Waals surface area (Å²) in [6, 6.07) is 6.18. The largest absolute Gasteiger partial charge is 0.490 e. The number of nitrogens with zero attached hydrogens (tertiary/aromatic N) is 3. The molecular formula is C25H29ClF2N4O3. The minimum atomic E-state index is -0.870. The molecule has 0 fully saturated rings. The number of rotatable bonds is 7. The maximum atomic E-state index is 15.3. The third-order valence-electron chi connectivity index (χ3n) is 5.40. The number of anilines is 1. The Labute approximate surface area is 207 Å². The van der Waals surface area contributed by atoms with Crippen LogP contribution in [0.25, 0.3) is 5.69 Å². The van der Waals surface area contributed by atoms with Crippen molar-refractivity contribution in [3.63, 3.8) is 0 Å². The summed E-state index contributed by atoms with van der Waals surface area (Å²) in [7, 11) is 1.56. The Kier molecular flexibility index (Phi) is 7.69. The molecule has 0 spiro atoms. The number of hydrogen-bond donors (Lipinski definition) is 1. The van der Waals surface area contributed by atoms with Crippen LogP contribution in [-0.2, 0) is 12.5 Å². The van der Waals surface area contributed by atoms with Crippen molar-refractivity contribution in [2.24, 2.45) is 7.05 Å². The number of carbonyl (C=O) groups is 1. The predicted molar refractivity (Wildman–Crippen MR) is 132 cm³/mol. The van der Waals surface area contributed by atoms with Crippen LogP contribution in [0.2, 0.25) is 5.02 Å². The van der Waals surface area contributed by atoms with E-state index in [0.29, 0.717) is 12.2 Å². The Hall–Kier alpha value is -3.20. The van der Waals surface area contributed by atoms with Gasteiger partial charge in [0.25, 0.3) is 5.91 Å². The molecule has 1 aromatic heterocycles. The number of carbonyl (C=O) groups excluding carboxylic acids is 1. The summed E-state index contributed by atoms with van der Waals surface area (Å²) in [5.74, 6) is -1.93. The first kappa shape index (κ1) is 26.4. The molecule has 3 aromatic rings. The molecule has 0 bridgehead atoms. The molecule has 0 radical (unpaired) electrons. The second-order valence-corrected chi connectivity index (χ2v) is 9.80. The Morgan fingerprint density at radius 2 is 1.91 bits per heavy atom. The second-order valence-electron chi connectivity index (χ2n) is 9.39. The minimum absolute atomic E-state index is 0.00740. The topological polar surface area (TPSA) is 78.2 Å². The van der Waals surface area contributed by atoms with Crippen molar-refractivity contribution in [1.82, 2.24) is 14.3 Å². The van der Waals surface area contributed by atoms with Gasteiger partial charge in [-0.15, -0.1) is 5.10 Å². The molecule has 1 amide bonds. The summed E-state index contributed by atoms with van der Waals surface area (Å²) >= 11 is 6.03. The molecule has 35 heavy (non-hydrogen) atoms. The van der Waals surface area contributed by atoms with Crippen molar-refractivity contribution in [2.45, 2.75) is 59.0 Å². The Morgan fingerprint density at radius 3 is 2.49 bits per heavy atom. The number of halogens is 3. The van der Waals surface area contributed by atoms with Crippen LogP contribution in [0.4, 0.5) is 14.5 Å². The van der Waals surface area contributed by atoms with Crippen LogP contribution in [0.1, 0.15) is 63.6 Å². The third kappa shape index (κ3) is 5.56. The van der Waals surface area contributed by atoms with Gasteiger partial charge in [0.2, 0.25) is 0 Å². The van der Waals surface area contributed by atoms with Gasteiger partial charge in [-0.05, 0) is 31.5 Å². The summed E-state index contributed by atoms with van der Waals surface area (Å²) in [5.41, 5.74) is -1.58. The van der Waals surface area contributed by atoms with Crippen LogP contribution >= 0.6 is 11.6 Å². The Bertz CT molecular complexity index is 1290. The molecule has 0 saturated carbocycles. The van der Waals surface area contributed by atoms with Crippen LogP contribution in [0.5, 0.6) is 5.75 Å². The Balaban J connectivity index is 2.14. The number of para-hydroxylation sites is 1. The van der Waals surface area contributed by atoms with Gasteiger partial charge in [0.15, 0.2) is 0 Å². The van der Waals surface area contributed by atoms with Crippen molar-refractivity contribution in [3.8, 4) is 11.4 Å². The van der Waals surface area contributed by atoms with E-state index in [0.717, 1.165) is 23.2 Å². The highest BCUT2D eigenvalue weighted by Crippen LogP contribution is 2.30. The van der Waals surface area contributed by atoms with E-state index < -0.39 is 28.6 Å². The van der Waals surface area contributed by atoms with Crippen molar-refractivity contribution in [3.05, 3.63) is 68.9 Å². The van der Waals surface area contributed by atoms with Gasteiger partial charge in [-0.1, -0.05) is 51.8 Å². The van der Waals surface area contributed by atoms with E-state index in [-0.39, 0.29) is 33.8 Å². The van der Waals surface area contributed by atoms with E-state index in [2.05, 4.69) is 10.4 Å². The van der Waals surface area contributed by atoms with Gasteiger partial charge >= 0.3 is 5.69 Å². The SMILES string of the molecule is CCC[C@H](C)Oc1cc(-n2nc(C(C)(C)C)n(C)c2=O)c(F)cc1C(=O)Nc1c(F)cccc1Cl. The van der Waals surface area contributed by atoms with Crippen molar-refractivity contribution in [2.75, 3.05) is 5.32 Å². The van der Waals surface area contributed by atoms with Crippen LogP contribution in [0.3, 0.4) is 0 Å². The van der Waals surface area contributed by atoms with E-state index in [4.69, 9.17) is 16.3 Å². The van der Waals surface area contributed by atoms with E-state index in [1.807, 2.05) is 34.6 Å². The molecule has 0 aliphatic heterocycles. The Morgan fingerprint density at radius 1 is 1.23 bits per heavy atom. The van der Waals surface area contributed by atoms with Gasteiger partial charge in [-0.2, -0.15) is 4.68 Å². The average molecular weight is 507 g/mol. The molecule has 1 N–H and O–H groups in total. The number of nitrogens with one attached hydrogen (secondary N) is 1. The molecule has 3 rings (SSSR count). The van der Waals surface area contributed by atoms with Crippen LogP contribution in [-0.4, -0.2) is 26.4 Å². The van der Waals surface area contributed by atoms with Gasteiger partial charge in [0, 0.05) is 18.5 Å². The number of ether oxygens (including phenoxy) is 1. The summed E-state index contributed by atoms with van der Waals surface area (Å²) in [6.45, 7) is 9.45. The van der Waals surface area contributed by atoms with E-state index in [9.17, 15) is 14.0 Å². The van der Waals surface area contributed by atoms with E-state index in [1.54, 1.807) is 7.05 Å². The second kappa shape index (κ2) is 10.2. The highest BCUT2D eigenvalue weighted by atomic mass is 35.5. The number of benzene rings is 2. The first-order valence-corrected chi connectivity index (χ1v) is 11.6. The zero-order valence-corrected chi connectivity index (χ0v) is 21.3. The quantitative estimate of drug-likeness (QED) is 0.451. The lowest BCUT2D eigenvalue weighted by Crippen LogP contribution is -2.25. The molecule has 1 heterocycles. The highest BCUT2D eigenvalue weighted by molar-refractivity contribution is 6.34. The van der Waals surface area contributed by atoms with E-state index >= 15 is 4.39 Å². The zero-order valence-electron chi connectivity index (χ0n) is 20.6. The lowest BCUT2D eigenvalue weighted by Gasteiger charge is -2.19. The fraction of sp³-hybridized carbons (Fsp3) is 0.400. The zero-order chi connectivity index (χ0) is 26.1. The van der Waals surface area contributed by atoms with Gasteiger partial charge in [-0.25, -0.2) is 13.6 Å². The summed E-state index contributed by atoms with van der Waals surface area (Å²) in [5, 5.41) is 6.72. The van der Waals surface area contributed by atoms with Crippen LogP contribution < -0.4 is 15.7 Å². The molecule has 0 aliphatic carbocycles. The molecule has 1 atom stereocenters. The minimum Gasteiger partial charge on any atom is -0.490 e. The van der Waals surface area contributed by atoms with Crippen molar-refractivity contribution < 1.29 is 18.3 Å². The molecule has 0 unspecified atom stereocenters. The van der Waals surface area contributed by atoms with Gasteiger partial charge < -0.3 is 10.1 Å². The summed E-state index contributed by atoms with van der Waals surface area (Å²) in [6.07, 6.45) is 1.17. The highest BCUT2D eigenvalue weighted by Gasteiger charge is 2.27. The molecule has 0 aliphatic rings. The molecular weight excluding hydrogens is 478 g/mol. The lowest BCUT2D eigenvalue weighted by atomic mass is 9.96. The molecule has 7 nitrogen and oxygen atoms in total. The lowest BCUT2D eigenvalue weighted by molar-refractivity contribution is 0.101.